The number of ether oxygens (including phenoxy) is 1. The molecule has 0 aliphatic heterocycles. The van der Waals surface area contributed by atoms with Gasteiger partial charge in [0, 0.05) is 17.8 Å². The number of aromatic nitrogens is 3. The third kappa shape index (κ3) is 3.77. The molecule has 0 spiro atoms. The second-order valence-electron chi connectivity index (χ2n) is 6.56. The molecular formula is C22H22N4O. The Hall–Kier alpha value is -3.34. The summed E-state index contributed by atoms with van der Waals surface area (Å²) in [6.45, 7) is 2.84. The molecule has 0 radical (unpaired) electrons. The number of anilines is 1. The second kappa shape index (κ2) is 7.50. The minimum atomic E-state index is 0.727. The summed E-state index contributed by atoms with van der Waals surface area (Å²) in [5, 5.41) is 4.43. The predicted octanol–water partition coefficient (Wildman–Crippen LogP) is 4.88. The fraction of sp³-hybridized carbons (Fsp3) is 0.182. The van der Waals surface area contributed by atoms with E-state index in [1.165, 1.54) is 11.1 Å². The van der Waals surface area contributed by atoms with Gasteiger partial charge in [0.15, 0.2) is 0 Å². The first kappa shape index (κ1) is 17.1. The van der Waals surface area contributed by atoms with Gasteiger partial charge in [-0.1, -0.05) is 42.0 Å². The molecule has 0 bridgehead atoms. The fourth-order valence-corrected chi connectivity index (χ4v) is 3.21. The van der Waals surface area contributed by atoms with Gasteiger partial charge in [0.05, 0.1) is 12.5 Å². The van der Waals surface area contributed by atoms with Gasteiger partial charge in [-0.05, 0) is 37.1 Å². The van der Waals surface area contributed by atoms with Crippen LogP contribution < -0.4 is 10.1 Å². The lowest BCUT2D eigenvalue weighted by Crippen LogP contribution is -2.05. The summed E-state index contributed by atoms with van der Waals surface area (Å²) in [5.74, 6) is 1.65. The van der Waals surface area contributed by atoms with E-state index in [0.717, 1.165) is 46.8 Å². The monoisotopic (exact) mass is 358 g/mol. The number of nitrogens with zero attached hydrogens (tertiary/aromatic N) is 2. The number of H-pyrrole nitrogens is 1. The van der Waals surface area contributed by atoms with Crippen molar-refractivity contribution in [2.24, 2.45) is 0 Å². The van der Waals surface area contributed by atoms with E-state index in [1.807, 2.05) is 24.3 Å². The van der Waals surface area contributed by atoms with Gasteiger partial charge in [-0.25, -0.2) is 9.97 Å². The molecule has 2 aromatic heterocycles. The average Bonchev–Trinajstić information content (AvgIpc) is 3.03. The van der Waals surface area contributed by atoms with Crippen molar-refractivity contribution in [3.8, 4) is 17.0 Å². The van der Waals surface area contributed by atoms with Crippen molar-refractivity contribution in [3.05, 3.63) is 72.1 Å². The van der Waals surface area contributed by atoms with Crippen LogP contribution in [0.2, 0.25) is 0 Å². The molecule has 5 nitrogen and oxygen atoms in total. The van der Waals surface area contributed by atoms with Crippen LogP contribution in [0.1, 0.15) is 13.3 Å². The summed E-state index contributed by atoms with van der Waals surface area (Å²) < 4.78 is 5.33. The van der Waals surface area contributed by atoms with E-state index in [2.05, 4.69) is 57.6 Å². The van der Waals surface area contributed by atoms with Gasteiger partial charge in [0.2, 0.25) is 0 Å². The minimum absolute atomic E-state index is 0.727. The third-order valence-electron chi connectivity index (χ3n) is 4.58. The lowest BCUT2D eigenvalue weighted by molar-refractivity contribution is 0.415. The van der Waals surface area contributed by atoms with E-state index in [4.69, 9.17) is 4.74 Å². The van der Waals surface area contributed by atoms with Gasteiger partial charge in [0.1, 0.15) is 23.5 Å². The molecule has 0 amide bonds. The molecule has 2 heterocycles. The molecule has 1 aliphatic rings. The Morgan fingerprint density at radius 2 is 2.15 bits per heavy atom. The molecule has 1 aliphatic carbocycles. The molecule has 0 unspecified atom stereocenters. The Labute approximate surface area is 158 Å². The molecule has 4 rings (SSSR count). The maximum absolute atomic E-state index is 5.33. The molecule has 0 saturated carbocycles. The number of rotatable bonds is 5. The molecule has 27 heavy (non-hydrogen) atoms. The first-order chi connectivity index (χ1) is 13.2. The Morgan fingerprint density at radius 3 is 3.04 bits per heavy atom. The van der Waals surface area contributed by atoms with Gasteiger partial charge in [-0.15, -0.1) is 0 Å². The van der Waals surface area contributed by atoms with Crippen LogP contribution in [0.25, 0.3) is 22.3 Å². The van der Waals surface area contributed by atoms with Crippen LogP contribution in [0.3, 0.4) is 0 Å². The highest BCUT2D eigenvalue weighted by atomic mass is 16.5. The molecule has 0 saturated heterocycles. The maximum atomic E-state index is 5.33. The molecule has 0 fully saturated rings. The van der Waals surface area contributed by atoms with Gasteiger partial charge in [-0.3, -0.25) is 0 Å². The standard InChI is InChI=1S/C22H22N4O/c1-15-6-3-4-7-16(10-15)13-23-21-19-12-20(26-22(19)25-14-24-21)17-8-5-9-18(11-17)27-2/h3,5-12,14H,4,13H2,1-2H3,(H2,23,24,25,26). The first-order valence-electron chi connectivity index (χ1n) is 8.99. The first-order valence-corrected chi connectivity index (χ1v) is 8.99. The number of allylic oxidation sites excluding steroid dienone is 4. The van der Waals surface area contributed by atoms with Crippen molar-refractivity contribution in [2.45, 2.75) is 13.3 Å². The maximum Gasteiger partial charge on any atom is 0.143 e. The van der Waals surface area contributed by atoms with Crippen LogP contribution >= 0.6 is 0 Å². The summed E-state index contributed by atoms with van der Waals surface area (Å²) in [6, 6.07) is 10.0. The molecule has 136 valence electrons. The third-order valence-corrected chi connectivity index (χ3v) is 4.58. The summed E-state index contributed by atoms with van der Waals surface area (Å²) in [6.07, 6.45) is 11.3. The van der Waals surface area contributed by atoms with Crippen molar-refractivity contribution in [1.29, 1.82) is 0 Å². The lowest BCUT2D eigenvalue weighted by atomic mass is 10.1. The Morgan fingerprint density at radius 1 is 1.22 bits per heavy atom. The van der Waals surface area contributed by atoms with Gasteiger partial charge in [-0.2, -0.15) is 0 Å². The van der Waals surface area contributed by atoms with Crippen LogP contribution in [0.4, 0.5) is 5.82 Å². The van der Waals surface area contributed by atoms with E-state index in [0.29, 0.717) is 0 Å². The number of hydrogen-bond donors (Lipinski definition) is 2. The van der Waals surface area contributed by atoms with Crippen LogP contribution in [-0.4, -0.2) is 28.6 Å². The van der Waals surface area contributed by atoms with Crippen LogP contribution in [0, 0.1) is 0 Å². The Bertz CT molecular complexity index is 1060. The van der Waals surface area contributed by atoms with Crippen LogP contribution in [0.15, 0.2) is 72.1 Å². The lowest BCUT2D eigenvalue weighted by Gasteiger charge is -2.07. The highest BCUT2D eigenvalue weighted by molar-refractivity contribution is 5.91. The number of hydrogen-bond acceptors (Lipinski definition) is 4. The Balaban J connectivity index is 1.61. The predicted molar refractivity (Wildman–Crippen MR) is 110 cm³/mol. The normalized spacial score (nSPS) is 13.9. The molecule has 1 aromatic carbocycles. The van der Waals surface area contributed by atoms with Gasteiger partial charge >= 0.3 is 0 Å². The fourth-order valence-electron chi connectivity index (χ4n) is 3.21. The number of methoxy groups -OCH3 is 1. The molecule has 0 atom stereocenters. The zero-order valence-corrected chi connectivity index (χ0v) is 15.5. The molecular weight excluding hydrogens is 336 g/mol. The molecule has 5 heteroatoms. The van der Waals surface area contributed by atoms with E-state index in [-0.39, 0.29) is 0 Å². The number of benzene rings is 1. The van der Waals surface area contributed by atoms with E-state index in [9.17, 15) is 0 Å². The smallest absolute Gasteiger partial charge is 0.143 e. The number of fused-ring (bicyclic) bond motifs is 1. The number of aromatic amines is 1. The second-order valence-corrected chi connectivity index (χ2v) is 6.56. The van der Waals surface area contributed by atoms with Gasteiger partial charge < -0.3 is 15.0 Å². The van der Waals surface area contributed by atoms with Crippen molar-refractivity contribution in [3.63, 3.8) is 0 Å². The number of nitrogens with one attached hydrogen (secondary N) is 2. The zero-order chi connectivity index (χ0) is 18.6. The van der Waals surface area contributed by atoms with E-state index in [1.54, 1.807) is 13.4 Å². The highest BCUT2D eigenvalue weighted by Crippen LogP contribution is 2.28. The topological polar surface area (TPSA) is 62.8 Å². The SMILES string of the molecule is COc1cccc(-c2cc3c(NCC4=CCC=CC(C)=C4)ncnc3[nH]2)c1. The summed E-state index contributed by atoms with van der Waals surface area (Å²) in [4.78, 5) is 12.2. The molecule has 2 N–H and O–H groups in total. The van der Waals surface area contributed by atoms with E-state index < -0.39 is 0 Å². The summed E-state index contributed by atoms with van der Waals surface area (Å²) in [7, 11) is 1.67. The van der Waals surface area contributed by atoms with Crippen molar-refractivity contribution >= 4 is 16.9 Å². The largest absolute Gasteiger partial charge is 0.497 e. The summed E-state index contributed by atoms with van der Waals surface area (Å²) in [5.41, 5.74) is 5.37. The van der Waals surface area contributed by atoms with Crippen molar-refractivity contribution < 1.29 is 4.74 Å². The minimum Gasteiger partial charge on any atom is -0.497 e. The summed E-state index contributed by atoms with van der Waals surface area (Å²) >= 11 is 0. The molecule has 3 aromatic rings. The van der Waals surface area contributed by atoms with E-state index >= 15 is 0 Å². The van der Waals surface area contributed by atoms with Crippen LogP contribution in [-0.2, 0) is 0 Å². The van der Waals surface area contributed by atoms with Crippen LogP contribution in [0.5, 0.6) is 5.75 Å². The quantitative estimate of drug-likeness (QED) is 0.682. The Kier molecular flexibility index (Phi) is 4.75. The zero-order valence-electron chi connectivity index (χ0n) is 15.5. The van der Waals surface area contributed by atoms with Gasteiger partial charge in [0.25, 0.3) is 0 Å². The van der Waals surface area contributed by atoms with Crippen molar-refractivity contribution in [1.82, 2.24) is 15.0 Å². The van der Waals surface area contributed by atoms with Crippen molar-refractivity contribution in [2.75, 3.05) is 19.0 Å². The highest BCUT2D eigenvalue weighted by Gasteiger charge is 2.10. The average molecular weight is 358 g/mol.